The van der Waals surface area contributed by atoms with Crippen molar-refractivity contribution in [2.45, 2.75) is 12.2 Å². The van der Waals surface area contributed by atoms with E-state index in [4.69, 9.17) is 21.1 Å². The predicted molar refractivity (Wildman–Crippen MR) is 66.9 cm³/mol. The van der Waals surface area contributed by atoms with E-state index in [-0.39, 0.29) is 24.3 Å². The van der Waals surface area contributed by atoms with Crippen LogP contribution in [0.4, 0.5) is 10.1 Å². The van der Waals surface area contributed by atoms with Gasteiger partial charge in [0.25, 0.3) is 0 Å². The van der Waals surface area contributed by atoms with Crippen molar-refractivity contribution in [3.8, 4) is 5.75 Å². The molecular weight excluding hydrogens is 261 g/mol. The van der Waals surface area contributed by atoms with Crippen LogP contribution in [-0.2, 0) is 4.74 Å². The summed E-state index contributed by atoms with van der Waals surface area (Å²) in [7, 11) is 0. The van der Waals surface area contributed by atoms with Gasteiger partial charge in [-0.15, -0.1) is 11.6 Å². The van der Waals surface area contributed by atoms with E-state index in [9.17, 15) is 9.50 Å². The van der Waals surface area contributed by atoms with E-state index in [2.05, 4.69) is 5.32 Å². The second-order valence-corrected chi connectivity index (χ2v) is 4.42. The highest BCUT2D eigenvalue weighted by Gasteiger charge is 2.21. The molecule has 1 atom stereocenters. The zero-order valence-corrected chi connectivity index (χ0v) is 10.5. The number of benzene rings is 1. The molecule has 1 aliphatic heterocycles. The Morgan fingerprint density at radius 1 is 1.56 bits per heavy atom. The average molecular weight is 276 g/mol. The van der Waals surface area contributed by atoms with Crippen molar-refractivity contribution in [3.63, 3.8) is 0 Å². The number of aliphatic hydroxyl groups excluding tert-OH is 1. The van der Waals surface area contributed by atoms with Crippen LogP contribution in [0.2, 0.25) is 0 Å². The van der Waals surface area contributed by atoms with E-state index >= 15 is 0 Å². The van der Waals surface area contributed by atoms with E-state index in [0.29, 0.717) is 24.7 Å². The molecule has 1 unspecified atom stereocenters. The molecule has 1 aliphatic rings. The molecule has 1 fully saturated rings. The lowest BCUT2D eigenvalue weighted by Gasteiger charge is -2.28. The van der Waals surface area contributed by atoms with E-state index in [1.54, 1.807) is 6.07 Å². The molecule has 6 heteroatoms. The quantitative estimate of drug-likeness (QED) is 0.775. The standard InChI is InChI=1S/C12H15ClFNO3/c13-4-9(16)5-15-11-3-8(14)1-2-12(11)18-10-6-17-7-10/h1-3,9-10,15-16H,4-7H2. The first-order valence-electron chi connectivity index (χ1n) is 5.71. The summed E-state index contributed by atoms with van der Waals surface area (Å²) in [6.45, 7) is 1.33. The van der Waals surface area contributed by atoms with Crippen molar-refractivity contribution >= 4 is 17.3 Å². The molecule has 0 amide bonds. The molecule has 2 rings (SSSR count). The van der Waals surface area contributed by atoms with Crippen molar-refractivity contribution in [3.05, 3.63) is 24.0 Å². The fraction of sp³-hybridized carbons (Fsp3) is 0.500. The van der Waals surface area contributed by atoms with Gasteiger partial charge in [0.15, 0.2) is 0 Å². The highest BCUT2D eigenvalue weighted by molar-refractivity contribution is 6.18. The summed E-state index contributed by atoms with van der Waals surface area (Å²) in [5, 5.41) is 12.3. The first-order valence-corrected chi connectivity index (χ1v) is 6.24. The Morgan fingerprint density at radius 3 is 2.94 bits per heavy atom. The number of hydrogen-bond acceptors (Lipinski definition) is 4. The normalized spacial score (nSPS) is 17.1. The summed E-state index contributed by atoms with van der Waals surface area (Å²) >= 11 is 5.49. The summed E-state index contributed by atoms with van der Waals surface area (Å²) in [5.41, 5.74) is 0.506. The smallest absolute Gasteiger partial charge is 0.145 e. The van der Waals surface area contributed by atoms with E-state index in [0.717, 1.165) is 0 Å². The molecule has 0 aromatic heterocycles. The molecule has 0 bridgehead atoms. The minimum Gasteiger partial charge on any atom is -0.483 e. The molecule has 1 heterocycles. The van der Waals surface area contributed by atoms with Gasteiger partial charge >= 0.3 is 0 Å². The van der Waals surface area contributed by atoms with Gasteiger partial charge in [-0.3, -0.25) is 0 Å². The fourth-order valence-corrected chi connectivity index (χ4v) is 1.60. The third kappa shape index (κ3) is 3.48. The molecule has 0 spiro atoms. The van der Waals surface area contributed by atoms with Gasteiger partial charge in [-0.2, -0.15) is 0 Å². The van der Waals surface area contributed by atoms with Crippen LogP contribution < -0.4 is 10.1 Å². The van der Waals surface area contributed by atoms with Crippen LogP contribution in [-0.4, -0.2) is 43.0 Å². The second-order valence-electron chi connectivity index (χ2n) is 4.11. The number of nitrogens with one attached hydrogen (secondary N) is 1. The fourth-order valence-electron chi connectivity index (χ4n) is 1.49. The van der Waals surface area contributed by atoms with Gasteiger partial charge in [0.1, 0.15) is 17.7 Å². The first-order chi connectivity index (χ1) is 8.69. The molecule has 4 nitrogen and oxygen atoms in total. The van der Waals surface area contributed by atoms with Crippen molar-refractivity contribution in [2.75, 3.05) is 31.0 Å². The molecule has 0 aliphatic carbocycles. The van der Waals surface area contributed by atoms with Crippen LogP contribution in [0.3, 0.4) is 0 Å². The van der Waals surface area contributed by atoms with Gasteiger partial charge in [-0.1, -0.05) is 0 Å². The Bertz CT molecular complexity index is 401. The van der Waals surface area contributed by atoms with Gasteiger partial charge in [-0.05, 0) is 12.1 Å². The van der Waals surface area contributed by atoms with Crippen LogP contribution in [0.5, 0.6) is 5.75 Å². The Kier molecular flexibility index (Phi) is 4.63. The monoisotopic (exact) mass is 275 g/mol. The minimum absolute atomic E-state index is 0.00830. The Morgan fingerprint density at radius 2 is 2.33 bits per heavy atom. The van der Waals surface area contributed by atoms with Crippen LogP contribution in [0.25, 0.3) is 0 Å². The third-order valence-electron chi connectivity index (χ3n) is 2.55. The summed E-state index contributed by atoms with van der Waals surface area (Å²) in [5.74, 6) is 0.302. The largest absolute Gasteiger partial charge is 0.483 e. The number of rotatable bonds is 6. The number of alkyl halides is 1. The van der Waals surface area contributed by atoms with Crippen LogP contribution in [0.1, 0.15) is 0 Å². The zero-order valence-electron chi connectivity index (χ0n) is 9.73. The lowest BCUT2D eigenvalue weighted by atomic mass is 10.2. The molecule has 1 saturated heterocycles. The van der Waals surface area contributed by atoms with E-state index < -0.39 is 6.10 Å². The van der Waals surface area contributed by atoms with Gasteiger partial charge in [0, 0.05) is 12.6 Å². The maximum atomic E-state index is 13.2. The summed E-state index contributed by atoms with van der Waals surface area (Å²) in [6, 6.07) is 4.22. The number of aliphatic hydroxyl groups is 1. The van der Waals surface area contributed by atoms with Gasteiger partial charge in [0.2, 0.25) is 0 Å². The maximum Gasteiger partial charge on any atom is 0.145 e. The van der Waals surface area contributed by atoms with Crippen LogP contribution in [0, 0.1) is 5.82 Å². The molecule has 2 N–H and O–H groups in total. The third-order valence-corrected chi connectivity index (χ3v) is 2.91. The summed E-state index contributed by atoms with van der Waals surface area (Å²) in [4.78, 5) is 0. The molecule has 1 aromatic carbocycles. The number of halogens is 2. The van der Waals surface area contributed by atoms with Crippen molar-refractivity contribution in [1.29, 1.82) is 0 Å². The van der Waals surface area contributed by atoms with E-state index in [1.165, 1.54) is 12.1 Å². The van der Waals surface area contributed by atoms with Crippen LogP contribution in [0.15, 0.2) is 18.2 Å². The van der Waals surface area contributed by atoms with Crippen molar-refractivity contribution in [2.24, 2.45) is 0 Å². The Hall–Kier alpha value is -1.04. The SMILES string of the molecule is OC(CCl)CNc1cc(F)ccc1OC1COC1. The molecule has 18 heavy (non-hydrogen) atoms. The Labute approximate surface area is 110 Å². The summed E-state index contributed by atoms with van der Waals surface area (Å²) in [6.07, 6.45) is -0.677. The molecule has 100 valence electrons. The van der Waals surface area contributed by atoms with E-state index in [1.807, 2.05) is 0 Å². The first kappa shape index (κ1) is 13.4. The highest BCUT2D eigenvalue weighted by atomic mass is 35.5. The minimum atomic E-state index is -0.685. The van der Waals surface area contributed by atoms with Crippen molar-refractivity contribution in [1.82, 2.24) is 0 Å². The topological polar surface area (TPSA) is 50.7 Å². The second kappa shape index (κ2) is 6.22. The lowest BCUT2D eigenvalue weighted by Crippen LogP contribution is -2.38. The van der Waals surface area contributed by atoms with Gasteiger partial charge in [0.05, 0.1) is 30.9 Å². The average Bonchev–Trinajstić information content (AvgIpc) is 2.32. The molecule has 0 radical (unpaired) electrons. The Balaban J connectivity index is 2.02. The van der Waals surface area contributed by atoms with Gasteiger partial charge < -0.3 is 19.9 Å². The number of hydrogen-bond donors (Lipinski definition) is 2. The molecule has 0 saturated carbocycles. The van der Waals surface area contributed by atoms with Crippen molar-refractivity contribution < 1.29 is 19.0 Å². The van der Waals surface area contributed by atoms with Gasteiger partial charge in [-0.25, -0.2) is 4.39 Å². The molecule has 1 aromatic rings. The predicted octanol–water partition coefficient (Wildman–Crippen LogP) is 1.61. The van der Waals surface area contributed by atoms with Crippen LogP contribution >= 0.6 is 11.6 Å². The number of ether oxygens (including phenoxy) is 2. The number of anilines is 1. The highest BCUT2D eigenvalue weighted by Crippen LogP contribution is 2.27. The zero-order chi connectivity index (χ0) is 13.0. The maximum absolute atomic E-state index is 13.2. The summed E-state index contributed by atoms with van der Waals surface area (Å²) < 4.78 is 23.8. The lowest BCUT2D eigenvalue weighted by molar-refractivity contribution is -0.0794. The molecular formula is C12H15ClFNO3.